The van der Waals surface area contributed by atoms with E-state index >= 15 is 0 Å². The number of hydrogen-bond donors (Lipinski definition) is 1. The summed E-state index contributed by atoms with van der Waals surface area (Å²) in [6.45, 7) is 7.20. The van der Waals surface area contributed by atoms with Gasteiger partial charge < -0.3 is 15.5 Å². The van der Waals surface area contributed by atoms with Crippen molar-refractivity contribution in [1.82, 2.24) is 4.90 Å². The molecule has 2 N–H and O–H groups in total. The number of rotatable bonds is 6. The van der Waals surface area contributed by atoms with E-state index in [4.69, 9.17) is 28.9 Å². The molecule has 0 saturated carbocycles. The van der Waals surface area contributed by atoms with E-state index in [-0.39, 0.29) is 0 Å². The normalized spacial score (nSPS) is 11.4. The first-order valence-corrected chi connectivity index (χ1v) is 7.21. The second-order valence-electron chi connectivity index (χ2n) is 5.47. The van der Waals surface area contributed by atoms with Crippen molar-refractivity contribution in [2.75, 3.05) is 44.4 Å². The maximum absolute atomic E-state index is 6.10. The van der Waals surface area contributed by atoms with Crippen molar-refractivity contribution < 1.29 is 0 Å². The van der Waals surface area contributed by atoms with Gasteiger partial charge in [-0.2, -0.15) is 0 Å². The van der Waals surface area contributed by atoms with Crippen molar-refractivity contribution in [3.8, 4) is 0 Å². The van der Waals surface area contributed by atoms with Crippen LogP contribution in [-0.4, -0.2) is 38.6 Å². The van der Waals surface area contributed by atoms with Crippen molar-refractivity contribution in [2.24, 2.45) is 5.92 Å². The first-order chi connectivity index (χ1) is 8.81. The predicted octanol–water partition coefficient (Wildman–Crippen LogP) is 3.60. The van der Waals surface area contributed by atoms with Crippen molar-refractivity contribution in [3.63, 3.8) is 0 Å². The van der Waals surface area contributed by atoms with E-state index in [1.807, 2.05) is 6.07 Å². The highest BCUT2D eigenvalue weighted by molar-refractivity contribution is 6.42. The zero-order valence-corrected chi connectivity index (χ0v) is 13.6. The molecular formula is C14H23Cl2N3. The Morgan fingerprint density at radius 3 is 2.21 bits per heavy atom. The van der Waals surface area contributed by atoms with Crippen LogP contribution in [0, 0.1) is 5.92 Å². The highest BCUT2D eigenvalue weighted by Gasteiger charge is 2.14. The summed E-state index contributed by atoms with van der Waals surface area (Å²) in [4.78, 5) is 4.42. The molecule has 108 valence electrons. The maximum atomic E-state index is 6.10. The first kappa shape index (κ1) is 16.4. The van der Waals surface area contributed by atoms with Gasteiger partial charge >= 0.3 is 0 Å². The molecule has 19 heavy (non-hydrogen) atoms. The van der Waals surface area contributed by atoms with Gasteiger partial charge in [0, 0.05) is 19.6 Å². The molecule has 0 aliphatic heterocycles. The highest BCUT2D eigenvalue weighted by Crippen LogP contribution is 2.33. The summed E-state index contributed by atoms with van der Waals surface area (Å²) in [5.74, 6) is 0.552. The average Bonchev–Trinajstić information content (AvgIpc) is 2.29. The molecule has 0 amide bonds. The number of hydrogen-bond acceptors (Lipinski definition) is 3. The molecule has 0 aromatic heterocycles. The fourth-order valence-electron chi connectivity index (χ4n) is 1.90. The van der Waals surface area contributed by atoms with Crippen molar-refractivity contribution >= 4 is 34.6 Å². The summed E-state index contributed by atoms with van der Waals surface area (Å²) in [5, 5.41) is 1.05. The molecule has 0 atom stereocenters. The van der Waals surface area contributed by atoms with Gasteiger partial charge in [0.1, 0.15) is 0 Å². The molecule has 0 aliphatic rings. The minimum atomic E-state index is 0.500. The van der Waals surface area contributed by atoms with Gasteiger partial charge in [-0.1, -0.05) is 37.0 Å². The van der Waals surface area contributed by atoms with Crippen LogP contribution in [0.3, 0.4) is 0 Å². The third-order valence-corrected chi connectivity index (χ3v) is 3.54. The molecule has 0 fully saturated rings. The van der Waals surface area contributed by atoms with Gasteiger partial charge in [-0.05, 0) is 32.1 Å². The third-order valence-electron chi connectivity index (χ3n) is 2.81. The largest absolute Gasteiger partial charge is 0.397 e. The minimum absolute atomic E-state index is 0.500. The number of nitrogens with two attached hydrogens (primary N) is 1. The average molecular weight is 304 g/mol. The molecule has 1 rings (SSSR count). The molecule has 0 heterocycles. The Hall–Kier alpha value is -0.640. The van der Waals surface area contributed by atoms with Gasteiger partial charge in [0.05, 0.1) is 21.4 Å². The minimum Gasteiger partial charge on any atom is -0.397 e. The van der Waals surface area contributed by atoms with Gasteiger partial charge in [0.2, 0.25) is 0 Å². The second kappa shape index (κ2) is 7.22. The van der Waals surface area contributed by atoms with Crippen LogP contribution in [-0.2, 0) is 0 Å². The van der Waals surface area contributed by atoms with E-state index in [1.54, 1.807) is 6.07 Å². The Labute approximate surface area is 126 Å². The Bertz CT molecular complexity index is 419. The number of nitrogens with zero attached hydrogens (tertiary/aromatic N) is 2. The van der Waals surface area contributed by atoms with E-state index in [9.17, 15) is 0 Å². The molecule has 5 heteroatoms. The van der Waals surface area contributed by atoms with Crippen molar-refractivity contribution in [3.05, 3.63) is 22.2 Å². The van der Waals surface area contributed by atoms with Crippen LogP contribution in [0.25, 0.3) is 0 Å². The van der Waals surface area contributed by atoms with Crippen LogP contribution in [0.1, 0.15) is 13.8 Å². The molecule has 0 radical (unpaired) electrons. The Kier molecular flexibility index (Phi) is 6.24. The zero-order chi connectivity index (χ0) is 14.6. The van der Waals surface area contributed by atoms with Crippen LogP contribution in [0.5, 0.6) is 0 Å². The summed E-state index contributed by atoms with van der Waals surface area (Å²) in [7, 11) is 4.12. The topological polar surface area (TPSA) is 32.5 Å². The highest BCUT2D eigenvalue weighted by atomic mass is 35.5. The Morgan fingerprint density at radius 2 is 1.68 bits per heavy atom. The third kappa shape index (κ3) is 5.09. The van der Waals surface area contributed by atoms with E-state index in [1.165, 1.54) is 0 Å². The summed E-state index contributed by atoms with van der Waals surface area (Å²) in [6, 6.07) is 3.58. The lowest BCUT2D eigenvalue weighted by molar-refractivity contribution is 0.409. The van der Waals surface area contributed by atoms with Gasteiger partial charge in [0.15, 0.2) is 0 Å². The molecule has 3 nitrogen and oxygen atoms in total. The summed E-state index contributed by atoms with van der Waals surface area (Å²) in [5.41, 5.74) is 7.71. The Balaban J connectivity index is 2.99. The monoisotopic (exact) mass is 303 g/mol. The number of benzene rings is 1. The van der Waals surface area contributed by atoms with Crippen LogP contribution < -0.4 is 10.6 Å². The van der Waals surface area contributed by atoms with E-state index in [0.717, 1.165) is 25.3 Å². The molecule has 0 saturated heterocycles. The predicted molar refractivity (Wildman–Crippen MR) is 86.5 cm³/mol. The van der Waals surface area contributed by atoms with Gasteiger partial charge in [-0.3, -0.25) is 0 Å². The number of likely N-dealkylation sites (N-methyl/N-ethyl adjacent to an activating group) is 1. The molecule has 1 aromatic rings. The van der Waals surface area contributed by atoms with E-state index in [2.05, 4.69) is 37.7 Å². The fraction of sp³-hybridized carbons (Fsp3) is 0.571. The number of nitrogen functional groups attached to an aromatic ring is 1. The van der Waals surface area contributed by atoms with Crippen molar-refractivity contribution in [1.29, 1.82) is 0 Å². The summed E-state index contributed by atoms with van der Waals surface area (Å²) >= 11 is 12.1. The van der Waals surface area contributed by atoms with E-state index < -0.39 is 0 Å². The van der Waals surface area contributed by atoms with Gasteiger partial charge in [-0.25, -0.2) is 0 Å². The van der Waals surface area contributed by atoms with Crippen molar-refractivity contribution in [2.45, 2.75) is 13.8 Å². The first-order valence-electron chi connectivity index (χ1n) is 6.45. The van der Waals surface area contributed by atoms with Crippen LogP contribution in [0.4, 0.5) is 11.4 Å². The van der Waals surface area contributed by atoms with Gasteiger partial charge in [0.25, 0.3) is 0 Å². The SMILES string of the molecule is CC(C)CN(CCN(C)C)c1cc(Cl)c(Cl)cc1N. The number of anilines is 2. The number of halogens is 2. The van der Waals surface area contributed by atoms with E-state index in [0.29, 0.717) is 21.7 Å². The Morgan fingerprint density at radius 1 is 1.11 bits per heavy atom. The standard InChI is InChI=1S/C14H23Cl2N3/c1-10(2)9-19(6-5-18(3)4)14-8-12(16)11(15)7-13(14)17/h7-8,10H,5-6,9,17H2,1-4H3. The van der Waals surface area contributed by atoms with Crippen LogP contribution in [0.2, 0.25) is 10.0 Å². The lowest BCUT2D eigenvalue weighted by atomic mass is 10.1. The van der Waals surface area contributed by atoms with Crippen LogP contribution in [0.15, 0.2) is 12.1 Å². The van der Waals surface area contributed by atoms with Crippen LogP contribution >= 0.6 is 23.2 Å². The maximum Gasteiger partial charge on any atom is 0.0616 e. The molecule has 0 spiro atoms. The summed E-state index contributed by atoms with van der Waals surface area (Å²) in [6.07, 6.45) is 0. The zero-order valence-electron chi connectivity index (χ0n) is 12.1. The smallest absolute Gasteiger partial charge is 0.0616 e. The summed E-state index contributed by atoms with van der Waals surface area (Å²) < 4.78 is 0. The molecule has 0 unspecified atom stereocenters. The molecule has 0 bridgehead atoms. The molecular weight excluding hydrogens is 281 g/mol. The lowest BCUT2D eigenvalue weighted by Crippen LogP contribution is -2.34. The second-order valence-corrected chi connectivity index (χ2v) is 6.28. The fourth-order valence-corrected chi connectivity index (χ4v) is 2.23. The van der Waals surface area contributed by atoms with Gasteiger partial charge in [-0.15, -0.1) is 0 Å². The molecule has 1 aromatic carbocycles. The quantitative estimate of drug-likeness (QED) is 0.815. The lowest BCUT2D eigenvalue weighted by Gasteiger charge is -2.29. The molecule has 0 aliphatic carbocycles.